The van der Waals surface area contributed by atoms with Crippen LogP contribution in [0, 0.1) is 6.92 Å². The van der Waals surface area contributed by atoms with Crippen LogP contribution in [-0.2, 0) is 0 Å². The molecule has 82 valence electrons. The fraction of sp³-hybridized carbons (Fsp3) is 0.400. The molecule has 0 bridgehead atoms. The highest BCUT2D eigenvalue weighted by Crippen LogP contribution is 2.16. The Morgan fingerprint density at radius 3 is 2.73 bits per heavy atom. The lowest BCUT2D eigenvalue weighted by Crippen LogP contribution is -2.09. The summed E-state index contributed by atoms with van der Waals surface area (Å²) in [6.07, 6.45) is -1.21. The Bertz CT molecular complexity index is 366. The predicted octanol–water partition coefficient (Wildman–Crippen LogP) is 2.24. The number of aromatic nitrogens is 1. The minimum atomic E-state index is -2.53. The minimum Gasteiger partial charge on any atom is -0.471 e. The highest BCUT2D eigenvalue weighted by atomic mass is 19.3. The highest BCUT2D eigenvalue weighted by molar-refractivity contribution is 5.93. The monoisotopic (exact) mass is 215 g/mol. The van der Waals surface area contributed by atoms with Gasteiger partial charge in [-0.15, -0.1) is 0 Å². The van der Waals surface area contributed by atoms with Crippen molar-refractivity contribution in [1.82, 2.24) is 4.98 Å². The molecule has 0 fully saturated rings. The van der Waals surface area contributed by atoms with Gasteiger partial charge in [0.2, 0.25) is 5.88 Å². The van der Waals surface area contributed by atoms with Crippen LogP contribution in [-0.4, -0.2) is 23.8 Å². The minimum absolute atomic E-state index is 0.119. The fourth-order valence-corrected chi connectivity index (χ4v) is 1.05. The summed E-state index contributed by atoms with van der Waals surface area (Å²) in [5.41, 5.74) is 1.01. The molecule has 0 aliphatic heterocycles. The van der Waals surface area contributed by atoms with Gasteiger partial charge in [0.05, 0.1) is 0 Å². The van der Waals surface area contributed by atoms with E-state index in [0.717, 1.165) is 0 Å². The molecule has 3 nitrogen and oxygen atoms in total. The summed E-state index contributed by atoms with van der Waals surface area (Å²) in [5.74, 6) is 0.0197. The van der Waals surface area contributed by atoms with Crippen LogP contribution in [0.25, 0.3) is 0 Å². The topological polar surface area (TPSA) is 39.2 Å². The molecule has 0 saturated carbocycles. The van der Waals surface area contributed by atoms with Gasteiger partial charge in [0.15, 0.2) is 12.4 Å². The molecule has 0 radical (unpaired) electrons. The van der Waals surface area contributed by atoms with Gasteiger partial charge in [-0.3, -0.25) is 4.79 Å². The summed E-state index contributed by atoms with van der Waals surface area (Å²) < 4.78 is 28.5. The molecule has 1 aromatic heterocycles. The molecule has 0 aromatic carbocycles. The summed E-state index contributed by atoms with van der Waals surface area (Å²) in [4.78, 5) is 14.8. The molecular formula is C10H11F2NO2. The highest BCUT2D eigenvalue weighted by Gasteiger charge is 2.08. The van der Waals surface area contributed by atoms with Crippen molar-refractivity contribution in [2.75, 3.05) is 6.61 Å². The molecular weight excluding hydrogens is 204 g/mol. The summed E-state index contributed by atoms with van der Waals surface area (Å²) >= 11 is 0. The maximum absolute atomic E-state index is 11.9. The second-order valence-electron chi connectivity index (χ2n) is 3.10. The number of hydrogen-bond donors (Lipinski definition) is 0. The van der Waals surface area contributed by atoms with Crippen molar-refractivity contribution in [2.45, 2.75) is 20.3 Å². The smallest absolute Gasteiger partial charge is 0.272 e. The lowest BCUT2D eigenvalue weighted by atomic mass is 10.1. The number of ether oxygens (including phenoxy) is 1. The summed E-state index contributed by atoms with van der Waals surface area (Å²) in [7, 11) is 0. The first-order chi connectivity index (χ1) is 7.00. The largest absolute Gasteiger partial charge is 0.471 e. The van der Waals surface area contributed by atoms with Crippen molar-refractivity contribution < 1.29 is 18.3 Å². The Hall–Kier alpha value is -1.52. The Balaban J connectivity index is 2.79. The van der Waals surface area contributed by atoms with E-state index < -0.39 is 13.0 Å². The number of alkyl halides is 2. The molecule has 0 spiro atoms. The van der Waals surface area contributed by atoms with Gasteiger partial charge in [-0.25, -0.2) is 13.8 Å². The lowest BCUT2D eigenvalue weighted by molar-refractivity contribution is 0.0791. The van der Waals surface area contributed by atoms with Gasteiger partial charge >= 0.3 is 0 Å². The molecule has 0 saturated heterocycles. The van der Waals surface area contributed by atoms with Crippen molar-refractivity contribution >= 4 is 5.78 Å². The number of carbonyl (C=O) groups is 1. The first-order valence-electron chi connectivity index (χ1n) is 4.39. The molecule has 1 heterocycles. The summed E-state index contributed by atoms with van der Waals surface area (Å²) in [5, 5.41) is 0. The molecule has 0 unspecified atom stereocenters. The fourth-order valence-electron chi connectivity index (χ4n) is 1.05. The molecule has 15 heavy (non-hydrogen) atoms. The number of hydrogen-bond acceptors (Lipinski definition) is 3. The summed E-state index contributed by atoms with van der Waals surface area (Å²) in [6, 6.07) is 1.57. The van der Waals surface area contributed by atoms with Gasteiger partial charge in [-0.05, 0) is 19.9 Å². The normalized spacial score (nSPS) is 10.5. The maximum Gasteiger partial charge on any atom is 0.272 e. The van der Waals surface area contributed by atoms with E-state index in [2.05, 4.69) is 4.98 Å². The van der Waals surface area contributed by atoms with Gasteiger partial charge in [0.25, 0.3) is 6.43 Å². The number of Topliss-reactive ketones (excluding diaryl/α,β-unsaturated/α-hetero) is 1. The second kappa shape index (κ2) is 4.82. The number of rotatable bonds is 4. The molecule has 0 amide bonds. The number of pyridine rings is 1. The van der Waals surface area contributed by atoms with Gasteiger partial charge in [-0.2, -0.15) is 0 Å². The Morgan fingerprint density at radius 1 is 1.60 bits per heavy atom. The average Bonchev–Trinajstić information content (AvgIpc) is 2.15. The predicted molar refractivity (Wildman–Crippen MR) is 50.5 cm³/mol. The van der Waals surface area contributed by atoms with Gasteiger partial charge in [-0.1, -0.05) is 0 Å². The molecule has 0 N–H and O–H groups in total. The van der Waals surface area contributed by atoms with E-state index in [1.165, 1.54) is 13.1 Å². The van der Waals surface area contributed by atoms with Crippen LogP contribution in [0.4, 0.5) is 8.78 Å². The molecule has 5 heteroatoms. The maximum atomic E-state index is 11.9. The molecule has 0 atom stereocenters. The zero-order chi connectivity index (χ0) is 11.4. The lowest BCUT2D eigenvalue weighted by Gasteiger charge is -2.07. The molecule has 0 aliphatic rings. The van der Waals surface area contributed by atoms with Crippen molar-refractivity contribution in [2.24, 2.45) is 0 Å². The van der Waals surface area contributed by atoms with Crippen molar-refractivity contribution in [3.05, 3.63) is 23.4 Å². The number of halogens is 2. The van der Waals surface area contributed by atoms with Crippen molar-refractivity contribution in [3.8, 4) is 5.88 Å². The van der Waals surface area contributed by atoms with E-state index >= 15 is 0 Å². The first kappa shape index (κ1) is 11.6. The average molecular weight is 215 g/mol. The molecule has 0 aliphatic carbocycles. The van der Waals surface area contributed by atoms with Crippen LogP contribution in [0.2, 0.25) is 0 Å². The van der Waals surface area contributed by atoms with E-state index in [0.29, 0.717) is 11.1 Å². The van der Waals surface area contributed by atoms with E-state index in [4.69, 9.17) is 4.74 Å². The van der Waals surface area contributed by atoms with Gasteiger partial charge in [0.1, 0.15) is 0 Å². The zero-order valence-corrected chi connectivity index (χ0v) is 8.46. The zero-order valence-electron chi connectivity index (χ0n) is 8.46. The second-order valence-corrected chi connectivity index (χ2v) is 3.10. The molecule has 1 aromatic rings. The third-order valence-electron chi connectivity index (χ3n) is 1.78. The first-order valence-corrected chi connectivity index (χ1v) is 4.39. The third kappa shape index (κ3) is 3.27. The number of aryl methyl sites for hydroxylation is 1. The van der Waals surface area contributed by atoms with Crippen LogP contribution >= 0.6 is 0 Å². The van der Waals surface area contributed by atoms with Crippen LogP contribution in [0.5, 0.6) is 5.88 Å². The van der Waals surface area contributed by atoms with Crippen LogP contribution in [0.1, 0.15) is 22.8 Å². The Kier molecular flexibility index (Phi) is 3.71. The van der Waals surface area contributed by atoms with E-state index in [9.17, 15) is 13.6 Å². The van der Waals surface area contributed by atoms with Gasteiger partial charge < -0.3 is 4.74 Å². The number of carbonyl (C=O) groups excluding carboxylic acids is 1. The third-order valence-corrected chi connectivity index (χ3v) is 1.78. The standard InChI is InChI=1S/C10H11F2NO2/c1-6-3-8(7(2)14)4-13-10(6)15-5-9(11)12/h3-4,9H,5H2,1-2H3. The van der Waals surface area contributed by atoms with Crippen LogP contribution in [0.3, 0.4) is 0 Å². The van der Waals surface area contributed by atoms with Crippen molar-refractivity contribution in [1.29, 1.82) is 0 Å². The molecule has 1 rings (SSSR count). The van der Waals surface area contributed by atoms with Crippen molar-refractivity contribution in [3.63, 3.8) is 0 Å². The Morgan fingerprint density at radius 2 is 2.27 bits per heavy atom. The van der Waals surface area contributed by atoms with Crippen LogP contribution in [0.15, 0.2) is 12.3 Å². The Labute approximate surface area is 86.1 Å². The number of nitrogens with zero attached hydrogens (tertiary/aromatic N) is 1. The number of ketones is 1. The SMILES string of the molecule is CC(=O)c1cnc(OCC(F)F)c(C)c1. The summed E-state index contributed by atoms with van der Waals surface area (Å²) in [6.45, 7) is 2.38. The quantitative estimate of drug-likeness (QED) is 0.723. The van der Waals surface area contributed by atoms with E-state index in [1.807, 2.05) is 0 Å². The van der Waals surface area contributed by atoms with Crippen LogP contribution < -0.4 is 4.74 Å². The van der Waals surface area contributed by atoms with E-state index in [1.54, 1.807) is 13.0 Å². The van der Waals surface area contributed by atoms with Gasteiger partial charge in [0, 0.05) is 17.3 Å². The van der Waals surface area contributed by atoms with E-state index in [-0.39, 0.29) is 11.7 Å².